The second-order valence-electron chi connectivity index (χ2n) is 4.77. The molecule has 0 aromatic carbocycles. The van der Waals surface area contributed by atoms with Gasteiger partial charge in [0, 0.05) is 12.5 Å². The SMILES string of the molecule is CSc1nc(C(C)C)nc(C)c1C(=O)NCC(C)O. The van der Waals surface area contributed by atoms with Gasteiger partial charge in [0.2, 0.25) is 0 Å². The highest BCUT2D eigenvalue weighted by atomic mass is 32.2. The van der Waals surface area contributed by atoms with Crippen LogP contribution in [0.1, 0.15) is 48.6 Å². The fraction of sp³-hybridized carbons (Fsp3) is 0.615. The van der Waals surface area contributed by atoms with Gasteiger partial charge in [0.25, 0.3) is 5.91 Å². The predicted octanol–water partition coefficient (Wildman–Crippen LogP) is 1.74. The molecule has 0 aliphatic rings. The van der Waals surface area contributed by atoms with Gasteiger partial charge >= 0.3 is 0 Å². The van der Waals surface area contributed by atoms with Crippen molar-refractivity contribution in [3.63, 3.8) is 0 Å². The summed E-state index contributed by atoms with van der Waals surface area (Å²) in [7, 11) is 0. The monoisotopic (exact) mass is 283 g/mol. The van der Waals surface area contributed by atoms with Gasteiger partial charge < -0.3 is 10.4 Å². The molecule has 1 aromatic heterocycles. The summed E-state index contributed by atoms with van der Waals surface area (Å²) in [5.74, 6) is 0.728. The van der Waals surface area contributed by atoms with E-state index >= 15 is 0 Å². The smallest absolute Gasteiger partial charge is 0.255 e. The number of aliphatic hydroxyl groups excluding tert-OH is 1. The summed E-state index contributed by atoms with van der Waals surface area (Å²) < 4.78 is 0. The Morgan fingerprint density at radius 1 is 1.37 bits per heavy atom. The minimum atomic E-state index is -0.571. The zero-order chi connectivity index (χ0) is 14.6. The Morgan fingerprint density at radius 2 is 2.00 bits per heavy atom. The molecule has 1 unspecified atom stereocenters. The van der Waals surface area contributed by atoms with E-state index in [4.69, 9.17) is 0 Å². The molecule has 0 saturated carbocycles. The van der Waals surface area contributed by atoms with Crippen LogP contribution in [0.25, 0.3) is 0 Å². The highest BCUT2D eigenvalue weighted by molar-refractivity contribution is 7.98. The van der Waals surface area contributed by atoms with Gasteiger partial charge in [-0.3, -0.25) is 4.79 Å². The van der Waals surface area contributed by atoms with E-state index in [2.05, 4.69) is 15.3 Å². The van der Waals surface area contributed by atoms with Gasteiger partial charge in [-0.15, -0.1) is 11.8 Å². The summed E-state index contributed by atoms with van der Waals surface area (Å²) in [6, 6.07) is 0. The van der Waals surface area contributed by atoms with Gasteiger partial charge in [-0.05, 0) is 20.1 Å². The number of rotatable bonds is 5. The van der Waals surface area contributed by atoms with Crippen LogP contribution in [0.2, 0.25) is 0 Å². The van der Waals surface area contributed by atoms with Gasteiger partial charge in [-0.1, -0.05) is 13.8 Å². The number of aryl methyl sites for hydroxylation is 1. The van der Waals surface area contributed by atoms with E-state index in [1.54, 1.807) is 6.92 Å². The fourth-order valence-electron chi connectivity index (χ4n) is 1.56. The highest BCUT2D eigenvalue weighted by Crippen LogP contribution is 2.22. The molecule has 0 bridgehead atoms. The van der Waals surface area contributed by atoms with Crippen LogP contribution in [0.5, 0.6) is 0 Å². The summed E-state index contributed by atoms with van der Waals surface area (Å²) in [6.45, 7) is 7.70. The Morgan fingerprint density at radius 3 is 2.47 bits per heavy atom. The van der Waals surface area contributed by atoms with Crippen LogP contribution in [-0.4, -0.2) is 39.9 Å². The summed E-state index contributed by atoms with van der Waals surface area (Å²) in [6.07, 6.45) is 1.31. The standard InChI is InChI=1S/C13H21N3O2S/c1-7(2)11-15-9(4)10(13(16-11)19-5)12(18)14-6-8(3)17/h7-8,17H,6H2,1-5H3,(H,14,18). The number of thioether (sulfide) groups is 1. The molecule has 1 amide bonds. The van der Waals surface area contributed by atoms with E-state index in [0.717, 1.165) is 5.82 Å². The number of carbonyl (C=O) groups excluding carboxylic acids is 1. The lowest BCUT2D eigenvalue weighted by Gasteiger charge is -2.14. The van der Waals surface area contributed by atoms with Crippen LogP contribution in [0.3, 0.4) is 0 Å². The Labute approximate surface area is 118 Å². The van der Waals surface area contributed by atoms with Crippen LogP contribution >= 0.6 is 11.8 Å². The van der Waals surface area contributed by atoms with Crippen molar-refractivity contribution in [1.82, 2.24) is 15.3 Å². The second-order valence-corrected chi connectivity index (χ2v) is 5.56. The number of nitrogens with one attached hydrogen (secondary N) is 1. The third-order valence-corrected chi connectivity index (χ3v) is 3.25. The first-order valence-electron chi connectivity index (χ1n) is 6.25. The third kappa shape index (κ3) is 4.18. The lowest BCUT2D eigenvalue weighted by molar-refractivity contribution is 0.0919. The van der Waals surface area contributed by atoms with Crippen molar-refractivity contribution in [2.45, 2.75) is 44.7 Å². The number of hydrogen-bond donors (Lipinski definition) is 2. The number of hydrogen-bond acceptors (Lipinski definition) is 5. The maximum absolute atomic E-state index is 12.1. The van der Waals surface area contributed by atoms with Crippen molar-refractivity contribution >= 4 is 17.7 Å². The lowest BCUT2D eigenvalue weighted by Crippen LogP contribution is -2.32. The molecule has 1 atom stereocenters. The number of aliphatic hydroxyl groups is 1. The molecule has 19 heavy (non-hydrogen) atoms. The van der Waals surface area contributed by atoms with Gasteiger partial charge in [-0.25, -0.2) is 9.97 Å². The van der Waals surface area contributed by atoms with Gasteiger partial charge in [0.15, 0.2) is 0 Å². The van der Waals surface area contributed by atoms with E-state index < -0.39 is 6.10 Å². The van der Waals surface area contributed by atoms with E-state index in [9.17, 15) is 9.90 Å². The summed E-state index contributed by atoms with van der Waals surface area (Å²) >= 11 is 1.43. The molecule has 0 spiro atoms. The summed E-state index contributed by atoms with van der Waals surface area (Å²) in [4.78, 5) is 20.9. The fourth-order valence-corrected chi connectivity index (χ4v) is 2.19. The molecular formula is C13H21N3O2S. The molecule has 0 saturated heterocycles. The van der Waals surface area contributed by atoms with Crippen LogP contribution in [-0.2, 0) is 0 Å². The van der Waals surface area contributed by atoms with Crippen molar-refractivity contribution in [1.29, 1.82) is 0 Å². The lowest BCUT2D eigenvalue weighted by atomic mass is 10.1. The van der Waals surface area contributed by atoms with Crippen molar-refractivity contribution in [2.75, 3.05) is 12.8 Å². The van der Waals surface area contributed by atoms with Gasteiger partial charge in [0.05, 0.1) is 17.4 Å². The molecular weight excluding hydrogens is 262 g/mol. The Hall–Kier alpha value is -1.14. The molecule has 1 rings (SSSR count). The van der Waals surface area contributed by atoms with Crippen molar-refractivity contribution in [3.8, 4) is 0 Å². The predicted molar refractivity (Wildman–Crippen MR) is 76.7 cm³/mol. The van der Waals surface area contributed by atoms with Crippen molar-refractivity contribution < 1.29 is 9.90 Å². The molecule has 2 N–H and O–H groups in total. The van der Waals surface area contributed by atoms with Gasteiger partial charge in [0.1, 0.15) is 10.9 Å². The van der Waals surface area contributed by atoms with Crippen LogP contribution in [0.4, 0.5) is 0 Å². The summed E-state index contributed by atoms with van der Waals surface area (Å²) in [5.41, 5.74) is 1.17. The van der Waals surface area contributed by atoms with Crippen LogP contribution in [0, 0.1) is 6.92 Å². The average molecular weight is 283 g/mol. The first kappa shape index (κ1) is 15.9. The average Bonchev–Trinajstić information content (AvgIpc) is 2.34. The molecule has 0 aliphatic heterocycles. The molecule has 6 heteroatoms. The Kier molecular flexibility index (Phi) is 5.75. The molecule has 0 fully saturated rings. The largest absolute Gasteiger partial charge is 0.392 e. The molecule has 1 heterocycles. The Balaban J connectivity index is 3.09. The van der Waals surface area contributed by atoms with Gasteiger partial charge in [-0.2, -0.15) is 0 Å². The highest BCUT2D eigenvalue weighted by Gasteiger charge is 2.19. The number of nitrogens with zero attached hydrogens (tertiary/aromatic N) is 2. The number of amides is 1. The topological polar surface area (TPSA) is 75.1 Å². The van der Waals surface area contributed by atoms with Crippen LogP contribution < -0.4 is 5.32 Å². The van der Waals surface area contributed by atoms with E-state index in [1.165, 1.54) is 11.8 Å². The van der Waals surface area contributed by atoms with E-state index in [-0.39, 0.29) is 18.4 Å². The summed E-state index contributed by atoms with van der Waals surface area (Å²) in [5, 5.41) is 12.6. The van der Waals surface area contributed by atoms with E-state index in [0.29, 0.717) is 16.3 Å². The van der Waals surface area contributed by atoms with Crippen molar-refractivity contribution in [3.05, 3.63) is 17.1 Å². The zero-order valence-electron chi connectivity index (χ0n) is 12.0. The maximum atomic E-state index is 12.1. The Bertz CT molecular complexity index is 461. The quantitative estimate of drug-likeness (QED) is 0.636. The molecule has 106 valence electrons. The number of aromatic nitrogens is 2. The molecule has 0 aliphatic carbocycles. The minimum absolute atomic E-state index is 0.220. The third-order valence-electron chi connectivity index (χ3n) is 2.57. The number of carbonyl (C=O) groups is 1. The molecule has 0 radical (unpaired) electrons. The van der Waals surface area contributed by atoms with Crippen molar-refractivity contribution in [2.24, 2.45) is 0 Å². The second kappa shape index (κ2) is 6.86. The maximum Gasteiger partial charge on any atom is 0.255 e. The minimum Gasteiger partial charge on any atom is -0.392 e. The zero-order valence-corrected chi connectivity index (χ0v) is 12.8. The van der Waals surface area contributed by atoms with E-state index in [1.807, 2.05) is 27.0 Å². The first-order chi connectivity index (χ1) is 8.86. The molecule has 1 aromatic rings. The van der Waals surface area contributed by atoms with Crippen LogP contribution in [0.15, 0.2) is 5.03 Å². The molecule has 5 nitrogen and oxygen atoms in total. The normalized spacial score (nSPS) is 12.6. The first-order valence-corrected chi connectivity index (χ1v) is 7.48.